The van der Waals surface area contributed by atoms with E-state index < -0.39 is 0 Å². The van der Waals surface area contributed by atoms with Crippen LogP contribution in [0.25, 0.3) is 10.9 Å². The lowest BCUT2D eigenvalue weighted by Crippen LogP contribution is -2.48. The smallest absolute Gasteiger partial charge is 0.123 e. The van der Waals surface area contributed by atoms with E-state index in [0.717, 1.165) is 43.1 Å². The third-order valence-electron chi connectivity index (χ3n) is 6.06. The van der Waals surface area contributed by atoms with Crippen LogP contribution in [0.3, 0.4) is 0 Å². The van der Waals surface area contributed by atoms with Gasteiger partial charge in [0.25, 0.3) is 0 Å². The first kappa shape index (κ1) is 18.8. The Labute approximate surface area is 176 Å². The molecule has 0 aliphatic carbocycles. The van der Waals surface area contributed by atoms with Gasteiger partial charge in [0.1, 0.15) is 5.82 Å². The van der Waals surface area contributed by atoms with Crippen LogP contribution in [0.4, 0.5) is 10.1 Å². The minimum absolute atomic E-state index is 0.0951. The van der Waals surface area contributed by atoms with Gasteiger partial charge in [-0.3, -0.25) is 9.88 Å². The molecule has 1 aliphatic heterocycles. The van der Waals surface area contributed by atoms with Crippen LogP contribution < -0.4 is 4.90 Å². The van der Waals surface area contributed by atoms with Crippen molar-refractivity contribution in [2.45, 2.75) is 13.0 Å². The van der Waals surface area contributed by atoms with Crippen molar-refractivity contribution in [1.82, 2.24) is 14.9 Å². The first-order valence-electron chi connectivity index (χ1n) is 10.4. The van der Waals surface area contributed by atoms with Gasteiger partial charge in [0.05, 0.1) is 11.7 Å². The molecule has 0 spiro atoms. The normalized spacial score (nSPS) is 16.1. The average Bonchev–Trinajstić information content (AvgIpc) is 3.12. The second kappa shape index (κ2) is 7.92. The van der Waals surface area contributed by atoms with Gasteiger partial charge in [-0.2, -0.15) is 0 Å². The summed E-state index contributed by atoms with van der Waals surface area (Å²) in [5.74, 6) is -0.192. The molecular formula is C25H25FN4. The van der Waals surface area contributed by atoms with Crippen LogP contribution in [-0.4, -0.2) is 41.0 Å². The molecule has 1 N–H and O–H groups in total. The van der Waals surface area contributed by atoms with E-state index in [2.05, 4.69) is 58.1 Å². The highest BCUT2D eigenvalue weighted by Gasteiger charge is 2.30. The maximum absolute atomic E-state index is 13.3. The number of H-pyrrole nitrogens is 1. The van der Waals surface area contributed by atoms with Crippen molar-refractivity contribution in [3.63, 3.8) is 0 Å². The van der Waals surface area contributed by atoms with Crippen molar-refractivity contribution in [1.29, 1.82) is 0 Å². The van der Waals surface area contributed by atoms with Crippen LogP contribution in [-0.2, 0) is 0 Å². The molecule has 0 amide bonds. The lowest BCUT2D eigenvalue weighted by atomic mass is 9.97. The molecular weight excluding hydrogens is 375 g/mol. The van der Waals surface area contributed by atoms with Crippen molar-refractivity contribution in [2.75, 3.05) is 31.1 Å². The van der Waals surface area contributed by atoms with Crippen LogP contribution in [0.2, 0.25) is 0 Å². The Kier molecular flexibility index (Phi) is 4.97. The summed E-state index contributed by atoms with van der Waals surface area (Å²) in [6.45, 7) is 5.78. The summed E-state index contributed by atoms with van der Waals surface area (Å²) >= 11 is 0. The van der Waals surface area contributed by atoms with Gasteiger partial charge in [0.15, 0.2) is 0 Å². The van der Waals surface area contributed by atoms with Crippen LogP contribution in [0, 0.1) is 12.7 Å². The second-order valence-electron chi connectivity index (χ2n) is 7.87. The number of aromatic amines is 1. The number of halogens is 1. The molecule has 0 unspecified atom stereocenters. The molecule has 152 valence electrons. The Balaban J connectivity index is 1.48. The summed E-state index contributed by atoms with van der Waals surface area (Å²) in [5.41, 5.74) is 5.80. The number of benzene rings is 2. The largest absolute Gasteiger partial charge is 0.369 e. The Morgan fingerprint density at radius 3 is 2.37 bits per heavy atom. The van der Waals surface area contributed by atoms with Gasteiger partial charge in [-0.25, -0.2) is 4.39 Å². The molecule has 3 heterocycles. The Morgan fingerprint density at radius 1 is 0.900 bits per heavy atom. The van der Waals surface area contributed by atoms with Crippen molar-refractivity contribution >= 4 is 16.6 Å². The van der Waals surface area contributed by atoms with Crippen LogP contribution >= 0.6 is 0 Å². The minimum atomic E-state index is -0.192. The van der Waals surface area contributed by atoms with Crippen molar-refractivity contribution in [3.8, 4) is 0 Å². The molecule has 5 rings (SSSR count). The van der Waals surface area contributed by atoms with E-state index >= 15 is 0 Å². The molecule has 1 aliphatic rings. The van der Waals surface area contributed by atoms with Gasteiger partial charge in [0, 0.05) is 60.2 Å². The Hall–Kier alpha value is -3.18. The highest BCUT2D eigenvalue weighted by atomic mass is 19.1. The summed E-state index contributed by atoms with van der Waals surface area (Å²) in [4.78, 5) is 13.1. The third kappa shape index (κ3) is 3.46. The van der Waals surface area contributed by atoms with Crippen LogP contribution in [0.1, 0.15) is 23.0 Å². The first-order valence-corrected chi connectivity index (χ1v) is 10.4. The number of fused-ring (bicyclic) bond motifs is 1. The second-order valence-corrected chi connectivity index (χ2v) is 7.87. The molecule has 1 saturated heterocycles. The molecule has 4 nitrogen and oxygen atoms in total. The molecule has 0 saturated carbocycles. The molecule has 1 fully saturated rings. The summed E-state index contributed by atoms with van der Waals surface area (Å²) in [7, 11) is 0. The van der Waals surface area contributed by atoms with Gasteiger partial charge in [-0.1, -0.05) is 24.3 Å². The summed E-state index contributed by atoms with van der Waals surface area (Å²) in [6.07, 6.45) is 1.88. The third-order valence-corrected chi connectivity index (χ3v) is 6.06. The number of anilines is 1. The molecule has 2 aromatic heterocycles. The fraction of sp³-hybridized carbons (Fsp3) is 0.240. The fourth-order valence-corrected chi connectivity index (χ4v) is 4.60. The summed E-state index contributed by atoms with van der Waals surface area (Å²) in [5, 5.41) is 1.26. The zero-order chi connectivity index (χ0) is 20.5. The molecule has 4 aromatic rings. The Morgan fingerprint density at radius 2 is 1.63 bits per heavy atom. The average molecular weight is 401 g/mol. The maximum Gasteiger partial charge on any atom is 0.123 e. The predicted octanol–water partition coefficient (Wildman–Crippen LogP) is 4.92. The van der Waals surface area contributed by atoms with E-state index in [9.17, 15) is 4.39 Å². The van der Waals surface area contributed by atoms with Gasteiger partial charge in [-0.05, 0) is 49.4 Å². The summed E-state index contributed by atoms with van der Waals surface area (Å²) < 4.78 is 13.3. The number of nitrogens with zero attached hydrogens (tertiary/aromatic N) is 3. The number of hydrogen-bond acceptors (Lipinski definition) is 3. The lowest BCUT2D eigenvalue weighted by molar-refractivity contribution is 0.209. The van der Waals surface area contributed by atoms with Crippen molar-refractivity contribution in [2.24, 2.45) is 0 Å². The van der Waals surface area contributed by atoms with Gasteiger partial charge in [-0.15, -0.1) is 0 Å². The summed E-state index contributed by atoms with van der Waals surface area (Å²) in [6, 6.07) is 21.5. The molecule has 2 aromatic carbocycles. The van der Waals surface area contributed by atoms with Crippen LogP contribution in [0.15, 0.2) is 72.9 Å². The Bertz CT molecular complexity index is 1130. The lowest BCUT2D eigenvalue weighted by Gasteiger charge is -2.40. The molecule has 30 heavy (non-hydrogen) atoms. The number of para-hydroxylation sites is 1. The van der Waals surface area contributed by atoms with Gasteiger partial charge >= 0.3 is 0 Å². The molecule has 0 bridgehead atoms. The zero-order valence-electron chi connectivity index (χ0n) is 17.1. The number of aromatic nitrogens is 2. The van der Waals surface area contributed by atoms with E-state index in [1.807, 2.05) is 24.4 Å². The maximum atomic E-state index is 13.3. The first-order chi connectivity index (χ1) is 14.7. The van der Waals surface area contributed by atoms with E-state index in [-0.39, 0.29) is 11.9 Å². The monoisotopic (exact) mass is 400 g/mol. The van der Waals surface area contributed by atoms with Crippen molar-refractivity contribution in [3.05, 3.63) is 95.7 Å². The van der Waals surface area contributed by atoms with E-state index in [1.54, 1.807) is 0 Å². The van der Waals surface area contributed by atoms with E-state index in [0.29, 0.717) is 0 Å². The number of rotatable bonds is 4. The van der Waals surface area contributed by atoms with Crippen molar-refractivity contribution < 1.29 is 4.39 Å². The van der Waals surface area contributed by atoms with Crippen LogP contribution in [0.5, 0.6) is 0 Å². The molecule has 0 radical (unpaired) electrons. The fourth-order valence-electron chi connectivity index (χ4n) is 4.60. The number of nitrogens with one attached hydrogen (secondary N) is 1. The van der Waals surface area contributed by atoms with Gasteiger partial charge in [0.2, 0.25) is 0 Å². The topological polar surface area (TPSA) is 35.2 Å². The molecule has 5 heteroatoms. The SMILES string of the molecule is Cc1[nH]c2ccccc2c1[C@H](c1ccccn1)N1CCN(c2ccc(F)cc2)CC1. The van der Waals surface area contributed by atoms with E-state index in [4.69, 9.17) is 4.98 Å². The predicted molar refractivity (Wildman–Crippen MR) is 119 cm³/mol. The van der Waals surface area contributed by atoms with Gasteiger partial charge < -0.3 is 9.88 Å². The minimum Gasteiger partial charge on any atom is -0.369 e. The number of aryl methyl sites for hydroxylation is 1. The highest BCUT2D eigenvalue weighted by molar-refractivity contribution is 5.85. The number of pyridine rings is 1. The zero-order valence-corrected chi connectivity index (χ0v) is 17.1. The quantitative estimate of drug-likeness (QED) is 0.528. The van der Waals surface area contributed by atoms with E-state index in [1.165, 1.54) is 28.8 Å². The number of hydrogen-bond donors (Lipinski definition) is 1. The number of piperazine rings is 1. The standard InChI is InChI=1S/C25H25FN4/c1-18-24(21-6-2-3-7-22(21)28-18)25(23-8-4-5-13-27-23)30-16-14-29(15-17-30)20-11-9-19(26)10-12-20/h2-13,25,28H,14-17H2,1H3/t25-/m0/s1. The molecule has 1 atom stereocenters. The highest BCUT2D eigenvalue weighted by Crippen LogP contribution is 2.36.